The highest BCUT2D eigenvalue weighted by molar-refractivity contribution is 5.92. The van der Waals surface area contributed by atoms with Crippen molar-refractivity contribution in [3.05, 3.63) is 18.0 Å². The minimum absolute atomic E-state index is 0.134. The lowest BCUT2D eigenvalue weighted by molar-refractivity contribution is -0.142. The van der Waals surface area contributed by atoms with Gasteiger partial charge in [-0.15, -0.1) is 0 Å². The fourth-order valence-electron chi connectivity index (χ4n) is 3.61. The van der Waals surface area contributed by atoms with Crippen molar-refractivity contribution in [3.63, 3.8) is 0 Å². The summed E-state index contributed by atoms with van der Waals surface area (Å²) in [4.78, 5) is 33.2. The molecule has 3 rings (SSSR count). The lowest BCUT2D eigenvalue weighted by Crippen LogP contribution is -2.44. The molecule has 0 radical (unpaired) electrons. The van der Waals surface area contributed by atoms with Gasteiger partial charge in [-0.25, -0.2) is 15.4 Å². The van der Waals surface area contributed by atoms with E-state index in [1.165, 1.54) is 12.4 Å². The molecule has 1 aromatic heterocycles. The molecule has 1 aliphatic carbocycles. The van der Waals surface area contributed by atoms with Crippen LogP contribution in [0.5, 0.6) is 0 Å². The van der Waals surface area contributed by atoms with Crippen LogP contribution in [0.1, 0.15) is 31.1 Å². The summed E-state index contributed by atoms with van der Waals surface area (Å²) in [6.45, 7) is 8.08. The van der Waals surface area contributed by atoms with Crippen LogP contribution in [0, 0.1) is 17.8 Å². The number of rotatable bonds is 8. The zero-order valence-electron chi connectivity index (χ0n) is 16.3. The third kappa shape index (κ3) is 4.75. The number of anilines is 1. The van der Waals surface area contributed by atoms with Gasteiger partial charge in [-0.05, 0) is 45.1 Å². The molecule has 1 amide bonds. The van der Waals surface area contributed by atoms with Gasteiger partial charge in [0.2, 0.25) is 5.95 Å². The van der Waals surface area contributed by atoms with E-state index in [0.717, 1.165) is 13.1 Å². The van der Waals surface area contributed by atoms with E-state index in [-0.39, 0.29) is 17.8 Å². The fraction of sp³-hybridized carbons (Fsp3) is 0.667. The number of nitrogens with one attached hydrogen (secondary N) is 2. The first-order chi connectivity index (χ1) is 13.2. The summed E-state index contributed by atoms with van der Waals surface area (Å²) in [5.74, 6) is 0.397. The van der Waals surface area contributed by atoms with Gasteiger partial charge in [0.15, 0.2) is 0 Å². The average molecular weight is 393 g/mol. The van der Waals surface area contributed by atoms with Gasteiger partial charge in [0.25, 0.3) is 5.91 Å². The van der Waals surface area contributed by atoms with Crippen molar-refractivity contribution in [2.45, 2.75) is 32.4 Å². The maximum absolute atomic E-state index is 11.4. The Kier molecular flexibility index (Phi) is 5.82. The van der Waals surface area contributed by atoms with Gasteiger partial charge in [-0.3, -0.25) is 14.8 Å². The molecular weight excluding hydrogens is 366 g/mol. The molecule has 2 heterocycles. The number of fused-ring (bicyclic) bond motifs is 1. The molecule has 1 aromatic rings. The van der Waals surface area contributed by atoms with E-state index < -0.39 is 17.9 Å². The minimum Gasteiger partial charge on any atom is -0.480 e. The molecule has 2 unspecified atom stereocenters. The van der Waals surface area contributed by atoms with Crippen molar-refractivity contribution in [2.75, 3.05) is 31.1 Å². The summed E-state index contributed by atoms with van der Waals surface area (Å²) in [6.07, 6.45) is 2.76. The van der Waals surface area contributed by atoms with Crippen LogP contribution in [0.15, 0.2) is 12.4 Å². The van der Waals surface area contributed by atoms with Crippen LogP contribution < -0.4 is 15.7 Å². The second kappa shape index (κ2) is 7.98. The van der Waals surface area contributed by atoms with Crippen LogP contribution in [-0.4, -0.2) is 70.0 Å². The van der Waals surface area contributed by atoms with Crippen molar-refractivity contribution in [3.8, 4) is 0 Å². The van der Waals surface area contributed by atoms with E-state index in [0.29, 0.717) is 30.2 Å². The SMILES string of the molecule is CC(C)(C)OC[C@H](NCC1C2CN(c3ncc(C(=O)NO)cn3)CC12)C(=O)O. The van der Waals surface area contributed by atoms with E-state index >= 15 is 0 Å². The van der Waals surface area contributed by atoms with Gasteiger partial charge >= 0.3 is 5.97 Å². The standard InChI is InChI=1S/C18H27N5O5/c1-18(2,3)28-9-14(16(25)26)19-6-11-12-7-23(8-13(11)12)17-20-4-10(5-21-17)15(24)22-27/h4-5,11-14,19,27H,6-9H2,1-3H3,(H,22,24)(H,25,26)/t11?,12?,13?,14-/m0/s1. The molecule has 3 atom stereocenters. The first-order valence-electron chi connectivity index (χ1n) is 9.31. The Morgan fingerprint density at radius 2 is 1.89 bits per heavy atom. The molecule has 10 heteroatoms. The van der Waals surface area contributed by atoms with E-state index in [9.17, 15) is 14.7 Å². The number of nitrogens with zero attached hydrogens (tertiary/aromatic N) is 3. The van der Waals surface area contributed by atoms with Gasteiger partial charge in [0.1, 0.15) is 6.04 Å². The summed E-state index contributed by atoms with van der Waals surface area (Å²) in [5, 5.41) is 21.1. The van der Waals surface area contributed by atoms with Crippen molar-refractivity contribution in [1.29, 1.82) is 0 Å². The molecule has 1 saturated heterocycles. The first kappa shape index (κ1) is 20.4. The smallest absolute Gasteiger partial charge is 0.323 e. The first-order valence-corrected chi connectivity index (χ1v) is 9.31. The Morgan fingerprint density at radius 1 is 1.29 bits per heavy atom. The average Bonchev–Trinajstić information content (AvgIpc) is 3.09. The molecule has 2 fully saturated rings. The minimum atomic E-state index is -0.905. The Labute approximate surface area is 163 Å². The fourth-order valence-corrected chi connectivity index (χ4v) is 3.61. The zero-order chi connectivity index (χ0) is 20.5. The summed E-state index contributed by atoms with van der Waals surface area (Å²) < 4.78 is 5.60. The molecule has 10 nitrogen and oxygen atoms in total. The quantitative estimate of drug-likeness (QED) is 0.359. The number of amides is 1. The van der Waals surface area contributed by atoms with Crippen molar-refractivity contribution in [1.82, 2.24) is 20.8 Å². The number of aliphatic carboxylic acids is 1. The summed E-state index contributed by atoms with van der Waals surface area (Å²) in [6, 6.07) is -0.717. The molecule has 28 heavy (non-hydrogen) atoms. The monoisotopic (exact) mass is 393 g/mol. The third-order valence-corrected chi connectivity index (χ3v) is 5.24. The lowest BCUT2D eigenvalue weighted by Gasteiger charge is -2.24. The predicted octanol–water partition coefficient (Wildman–Crippen LogP) is 0.136. The Balaban J connectivity index is 1.45. The number of carboxylic acids is 1. The molecule has 0 spiro atoms. The number of hydrogen-bond acceptors (Lipinski definition) is 8. The number of hydrogen-bond donors (Lipinski definition) is 4. The molecule has 154 valence electrons. The van der Waals surface area contributed by atoms with Crippen LogP contribution in [-0.2, 0) is 9.53 Å². The molecule has 4 N–H and O–H groups in total. The lowest BCUT2D eigenvalue weighted by atomic mass is 10.2. The highest BCUT2D eigenvalue weighted by atomic mass is 16.5. The van der Waals surface area contributed by atoms with Crippen LogP contribution in [0.4, 0.5) is 5.95 Å². The van der Waals surface area contributed by atoms with Gasteiger partial charge < -0.3 is 20.1 Å². The maximum Gasteiger partial charge on any atom is 0.323 e. The number of aromatic nitrogens is 2. The summed E-state index contributed by atoms with van der Waals surface area (Å²) in [7, 11) is 0. The number of hydroxylamine groups is 1. The Hall–Kier alpha value is -2.30. The largest absolute Gasteiger partial charge is 0.480 e. The van der Waals surface area contributed by atoms with E-state index in [2.05, 4.69) is 20.2 Å². The van der Waals surface area contributed by atoms with Crippen LogP contribution in [0.25, 0.3) is 0 Å². The highest BCUT2D eigenvalue weighted by Gasteiger charge is 2.55. The summed E-state index contributed by atoms with van der Waals surface area (Å²) in [5.41, 5.74) is 1.36. The predicted molar refractivity (Wildman–Crippen MR) is 99.1 cm³/mol. The van der Waals surface area contributed by atoms with Gasteiger partial charge in [-0.2, -0.15) is 0 Å². The molecule has 0 bridgehead atoms. The van der Waals surface area contributed by atoms with Crippen LogP contribution in [0.2, 0.25) is 0 Å². The molecule has 2 aliphatic rings. The Morgan fingerprint density at radius 3 is 2.39 bits per heavy atom. The number of carbonyl (C=O) groups is 2. The van der Waals surface area contributed by atoms with Crippen molar-refractivity contribution >= 4 is 17.8 Å². The van der Waals surface area contributed by atoms with Gasteiger partial charge in [0.05, 0.1) is 17.8 Å². The van der Waals surface area contributed by atoms with Crippen LogP contribution >= 0.6 is 0 Å². The van der Waals surface area contributed by atoms with Crippen molar-refractivity contribution in [2.24, 2.45) is 17.8 Å². The van der Waals surface area contributed by atoms with Gasteiger partial charge in [0, 0.05) is 25.5 Å². The molecular formula is C18H27N5O5. The second-order valence-corrected chi connectivity index (χ2v) is 8.33. The second-order valence-electron chi connectivity index (χ2n) is 8.33. The number of carbonyl (C=O) groups excluding carboxylic acids is 1. The molecule has 1 saturated carbocycles. The number of ether oxygens (including phenoxy) is 1. The van der Waals surface area contributed by atoms with E-state index in [1.807, 2.05) is 20.8 Å². The molecule has 1 aliphatic heterocycles. The number of piperidine rings is 1. The topological polar surface area (TPSA) is 137 Å². The van der Waals surface area contributed by atoms with E-state index in [1.54, 1.807) is 5.48 Å². The van der Waals surface area contributed by atoms with Gasteiger partial charge in [-0.1, -0.05) is 0 Å². The molecule has 0 aromatic carbocycles. The number of carboxylic acid groups (broad SMARTS) is 1. The van der Waals surface area contributed by atoms with Crippen LogP contribution in [0.3, 0.4) is 0 Å². The Bertz CT molecular complexity index is 708. The highest BCUT2D eigenvalue weighted by Crippen LogP contribution is 2.51. The third-order valence-electron chi connectivity index (χ3n) is 5.24. The van der Waals surface area contributed by atoms with E-state index in [4.69, 9.17) is 9.94 Å². The van der Waals surface area contributed by atoms with Crippen molar-refractivity contribution < 1.29 is 24.6 Å². The zero-order valence-corrected chi connectivity index (χ0v) is 16.3. The maximum atomic E-state index is 11.4. The summed E-state index contributed by atoms with van der Waals surface area (Å²) >= 11 is 0. The normalized spacial score (nSPS) is 24.6.